The molecule has 2 aromatic carbocycles. The van der Waals surface area contributed by atoms with Crippen molar-refractivity contribution >= 4 is 29.9 Å². The van der Waals surface area contributed by atoms with Crippen LogP contribution in [0.5, 0.6) is 5.75 Å². The van der Waals surface area contributed by atoms with Gasteiger partial charge in [-0.1, -0.05) is 12.1 Å². The number of ether oxygens (including phenoxy) is 2. The van der Waals surface area contributed by atoms with Crippen molar-refractivity contribution in [2.45, 2.75) is 31.3 Å². The fraction of sp³-hybridized carbons (Fsp3) is 0.429. The van der Waals surface area contributed by atoms with Crippen molar-refractivity contribution in [1.82, 2.24) is 15.5 Å². The summed E-state index contributed by atoms with van der Waals surface area (Å²) >= 11 is 0. The zero-order valence-electron chi connectivity index (χ0n) is 22.0. The van der Waals surface area contributed by atoms with Gasteiger partial charge in [-0.2, -0.15) is 0 Å². The predicted molar refractivity (Wildman–Crippen MR) is 143 cm³/mol. The standard InChI is InChI=1S/C27H31FN4O5.CH2O2/c28-18-5-8-24-22(15-18)26(34)30-17-20-7-6-19(16-25(33)29-9-12-37-24)32(20)27(35)21-3-1-2-4-23(21)31-10-13-36-14-11-31;2-1-3/h1-5,8,15,19-20H,6-7,9-14,16-17H2,(H,29,33)(H,30,34);1H,(H,2,3)/t19-,20+;/m0./s1. The molecule has 2 aromatic rings. The number of carboxylic acid groups (broad SMARTS) is 1. The summed E-state index contributed by atoms with van der Waals surface area (Å²) in [6.45, 7) is 2.84. The summed E-state index contributed by atoms with van der Waals surface area (Å²) in [6.07, 6.45) is 1.44. The summed E-state index contributed by atoms with van der Waals surface area (Å²) in [5, 5.41) is 12.6. The van der Waals surface area contributed by atoms with E-state index in [1.165, 1.54) is 12.1 Å². The second-order valence-corrected chi connectivity index (χ2v) is 9.57. The average molecular weight is 557 g/mol. The number of rotatable bonds is 2. The molecule has 5 rings (SSSR count). The number of hydrogen-bond acceptors (Lipinski definition) is 7. The molecule has 0 spiro atoms. The third-order valence-corrected chi connectivity index (χ3v) is 7.13. The van der Waals surface area contributed by atoms with Crippen LogP contribution in [0.25, 0.3) is 0 Å². The molecule has 214 valence electrons. The number of para-hydroxylation sites is 1. The van der Waals surface area contributed by atoms with Crippen LogP contribution in [0.4, 0.5) is 10.1 Å². The smallest absolute Gasteiger partial charge is 0.290 e. The van der Waals surface area contributed by atoms with E-state index in [2.05, 4.69) is 15.5 Å². The molecule has 3 N–H and O–H groups in total. The van der Waals surface area contributed by atoms with Gasteiger partial charge in [-0.3, -0.25) is 19.2 Å². The minimum absolute atomic E-state index is 0.0773. The number of benzene rings is 2. The first-order valence-electron chi connectivity index (χ1n) is 13.2. The predicted octanol–water partition coefficient (Wildman–Crippen LogP) is 1.67. The van der Waals surface area contributed by atoms with E-state index in [0.29, 0.717) is 44.7 Å². The summed E-state index contributed by atoms with van der Waals surface area (Å²) in [5.41, 5.74) is 1.48. The Balaban J connectivity index is 0.00000118. The summed E-state index contributed by atoms with van der Waals surface area (Å²) in [5.74, 6) is -1.13. The van der Waals surface area contributed by atoms with E-state index in [-0.39, 0.29) is 67.8 Å². The van der Waals surface area contributed by atoms with Crippen LogP contribution in [0.1, 0.15) is 40.0 Å². The highest BCUT2D eigenvalue weighted by Crippen LogP contribution is 2.32. The maximum atomic E-state index is 14.0. The molecule has 2 saturated heterocycles. The van der Waals surface area contributed by atoms with Crippen LogP contribution < -0.4 is 20.3 Å². The molecule has 3 amide bonds. The van der Waals surface area contributed by atoms with Gasteiger partial charge in [0.15, 0.2) is 0 Å². The second-order valence-electron chi connectivity index (χ2n) is 9.57. The molecule has 3 aliphatic rings. The van der Waals surface area contributed by atoms with E-state index in [0.717, 1.165) is 11.8 Å². The summed E-state index contributed by atoms with van der Waals surface area (Å²) in [7, 11) is 0. The molecular formula is C28H33FN4O7. The zero-order chi connectivity index (χ0) is 28.5. The number of morpholine rings is 1. The van der Waals surface area contributed by atoms with Gasteiger partial charge < -0.3 is 35.0 Å². The molecule has 0 aliphatic carbocycles. The number of amides is 3. The van der Waals surface area contributed by atoms with Gasteiger partial charge in [0, 0.05) is 43.8 Å². The number of hydrogen-bond donors (Lipinski definition) is 3. The number of nitrogens with zero attached hydrogens (tertiary/aromatic N) is 2. The lowest BCUT2D eigenvalue weighted by atomic mass is 10.1. The van der Waals surface area contributed by atoms with E-state index in [1.54, 1.807) is 4.90 Å². The van der Waals surface area contributed by atoms with Gasteiger partial charge in [0.2, 0.25) is 5.91 Å². The Hall–Kier alpha value is -4.19. The molecular weight excluding hydrogens is 523 g/mol. The largest absolute Gasteiger partial charge is 0.491 e. The van der Waals surface area contributed by atoms with Crippen LogP contribution in [0.15, 0.2) is 42.5 Å². The van der Waals surface area contributed by atoms with Crippen molar-refractivity contribution in [1.29, 1.82) is 0 Å². The summed E-state index contributed by atoms with van der Waals surface area (Å²) < 4.78 is 25.1. The first-order chi connectivity index (χ1) is 19.4. The molecule has 0 aromatic heterocycles. The first-order valence-corrected chi connectivity index (χ1v) is 13.2. The number of nitrogens with one attached hydrogen (secondary N) is 2. The Morgan fingerprint density at radius 3 is 2.52 bits per heavy atom. The maximum Gasteiger partial charge on any atom is 0.290 e. The maximum absolute atomic E-state index is 14.0. The lowest BCUT2D eigenvalue weighted by molar-refractivity contribution is -0.123. The van der Waals surface area contributed by atoms with Crippen molar-refractivity contribution in [2.75, 3.05) is 50.9 Å². The van der Waals surface area contributed by atoms with Gasteiger partial charge in [0.1, 0.15) is 18.2 Å². The fourth-order valence-corrected chi connectivity index (χ4v) is 5.32. The monoisotopic (exact) mass is 556 g/mol. The Bertz CT molecular complexity index is 1220. The first kappa shape index (κ1) is 28.8. The quantitative estimate of drug-likeness (QED) is 0.475. The van der Waals surface area contributed by atoms with Crippen LogP contribution in [0.2, 0.25) is 0 Å². The SMILES string of the molecule is O=C1C[C@@H]2CC[C@H](CNC(=O)c3cc(F)ccc3OCCN1)N2C(=O)c1ccccc1N1CCOCC1.O=CO. The molecule has 2 bridgehead atoms. The van der Waals surface area contributed by atoms with E-state index in [9.17, 15) is 18.8 Å². The lowest BCUT2D eigenvalue weighted by Gasteiger charge is -2.34. The van der Waals surface area contributed by atoms with Gasteiger partial charge in [-0.15, -0.1) is 0 Å². The van der Waals surface area contributed by atoms with Crippen LogP contribution in [0.3, 0.4) is 0 Å². The number of halogens is 1. The average Bonchev–Trinajstić information content (AvgIpc) is 3.36. The highest BCUT2D eigenvalue weighted by molar-refractivity contribution is 6.01. The van der Waals surface area contributed by atoms with Crippen LogP contribution in [0, 0.1) is 5.82 Å². The number of fused-ring (bicyclic) bond motifs is 3. The fourth-order valence-electron chi connectivity index (χ4n) is 5.32. The third kappa shape index (κ3) is 6.87. The van der Waals surface area contributed by atoms with Crippen molar-refractivity contribution in [3.63, 3.8) is 0 Å². The van der Waals surface area contributed by atoms with Crippen molar-refractivity contribution in [3.05, 3.63) is 59.4 Å². The molecule has 11 nitrogen and oxygen atoms in total. The molecule has 2 fully saturated rings. The highest BCUT2D eigenvalue weighted by Gasteiger charge is 2.39. The van der Waals surface area contributed by atoms with Gasteiger partial charge >= 0.3 is 0 Å². The molecule has 40 heavy (non-hydrogen) atoms. The van der Waals surface area contributed by atoms with Crippen molar-refractivity contribution in [2.24, 2.45) is 0 Å². The molecule has 0 unspecified atom stereocenters. The summed E-state index contributed by atoms with van der Waals surface area (Å²) in [4.78, 5) is 52.1. The van der Waals surface area contributed by atoms with Crippen LogP contribution >= 0.6 is 0 Å². The Morgan fingerprint density at radius 1 is 1.02 bits per heavy atom. The van der Waals surface area contributed by atoms with Gasteiger partial charge in [-0.05, 0) is 43.2 Å². The molecule has 0 saturated carbocycles. The third-order valence-electron chi connectivity index (χ3n) is 7.13. The molecule has 2 atom stereocenters. The topological polar surface area (TPSA) is 138 Å². The Kier molecular flexibility index (Phi) is 9.90. The van der Waals surface area contributed by atoms with Crippen LogP contribution in [-0.4, -0.2) is 92.3 Å². The molecule has 3 heterocycles. The van der Waals surface area contributed by atoms with E-state index in [4.69, 9.17) is 19.4 Å². The molecule has 0 radical (unpaired) electrons. The Labute approximate surface area is 231 Å². The van der Waals surface area contributed by atoms with Crippen molar-refractivity contribution < 1.29 is 38.1 Å². The van der Waals surface area contributed by atoms with Crippen LogP contribution in [-0.2, 0) is 14.3 Å². The van der Waals surface area contributed by atoms with E-state index in [1.807, 2.05) is 24.3 Å². The van der Waals surface area contributed by atoms with Gasteiger partial charge in [0.25, 0.3) is 18.3 Å². The van der Waals surface area contributed by atoms with E-state index >= 15 is 0 Å². The van der Waals surface area contributed by atoms with E-state index < -0.39 is 11.7 Å². The zero-order valence-corrected chi connectivity index (χ0v) is 22.0. The second kappa shape index (κ2) is 13.7. The number of anilines is 1. The van der Waals surface area contributed by atoms with Crippen molar-refractivity contribution in [3.8, 4) is 5.75 Å². The lowest BCUT2D eigenvalue weighted by Crippen LogP contribution is -2.48. The minimum atomic E-state index is -0.552. The molecule has 3 aliphatic heterocycles. The number of carbonyl (C=O) groups is 4. The van der Waals surface area contributed by atoms with Gasteiger partial charge in [0.05, 0.1) is 30.9 Å². The normalized spacial score (nSPS) is 21.4. The number of carbonyl (C=O) groups excluding carboxylic acids is 3. The molecule has 12 heteroatoms. The van der Waals surface area contributed by atoms with Gasteiger partial charge in [-0.25, -0.2) is 4.39 Å². The Morgan fingerprint density at radius 2 is 1.75 bits per heavy atom. The summed E-state index contributed by atoms with van der Waals surface area (Å²) in [6, 6.07) is 10.6. The highest BCUT2D eigenvalue weighted by atomic mass is 19.1. The minimum Gasteiger partial charge on any atom is -0.491 e.